The quantitative estimate of drug-likeness (QED) is 0.156. The third-order valence-electron chi connectivity index (χ3n) is 9.75. The molecule has 1 radical (unpaired) electrons. The average molecular weight is 900 g/mol. The molecule has 0 aliphatic heterocycles. The second kappa shape index (κ2) is 16.0. The smallest absolute Gasteiger partial charge is 0.120 e. The molecular formula is C50H43IrN3O-2. The van der Waals surface area contributed by atoms with Gasteiger partial charge in [-0.2, -0.15) is 0 Å². The van der Waals surface area contributed by atoms with E-state index in [0.29, 0.717) is 34.3 Å². The van der Waals surface area contributed by atoms with E-state index in [9.17, 15) is 0 Å². The van der Waals surface area contributed by atoms with Gasteiger partial charge in [-0.3, -0.25) is 4.98 Å². The number of aromatic nitrogens is 3. The Morgan fingerprint density at radius 3 is 2.11 bits per heavy atom. The first kappa shape index (κ1) is 30.7. The van der Waals surface area contributed by atoms with Crippen LogP contribution in [0.4, 0.5) is 0 Å². The van der Waals surface area contributed by atoms with E-state index < -0.39 is 13.7 Å². The first-order valence-electron chi connectivity index (χ1n) is 21.2. The van der Waals surface area contributed by atoms with Crippen molar-refractivity contribution in [2.24, 2.45) is 0 Å². The molecule has 3 heterocycles. The predicted octanol–water partition coefficient (Wildman–Crippen LogP) is 13.5. The van der Waals surface area contributed by atoms with Gasteiger partial charge < -0.3 is 14.0 Å². The minimum Gasteiger partial charge on any atom is -0.501 e. The molecule has 3 aromatic heterocycles. The van der Waals surface area contributed by atoms with Gasteiger partial charge in [-0.15, -0.1) is 54.1 Å². The van der Waals surface area contributed by atoms with Crippen molar-refractivity contribution < 1.29 is 32.7 Å². The summed E-state index contributed by atoms with van der Waals surface area (Å²) < 4.78 is 54.2. The van der Waals surface area contributed by atoms with Crippen LogP contribution in [0.2, 0.25) is 0 Å². The first-order chi connectivity index (χ1) is 28.7. The molecular weight excluding hydrogens is 851 g/mol. The molecule has 6 aromatic carbocycles. The summed E-state index contributed by atoms with van der Waals surface area (Å²) in [5.41, 5.74) is 11.1. The van der Waals surface area contributed by atoms with Crippen molar-refractivity contribution in [2.75, 3.05) is 0 Å². The largest absolute Gasteiger partial charge is 0.501 e. The maximum absolute atomic E-state index is 7.73. The van der Waals surface area contributed by atoms with Gasteiger partial charge in [-0.05, 0) is 89.4 Å². The molecule has 55 heavy (non-hydrogen) atoms. The van der Waals surface area contributed by atoms with Crippen molar-refractivity contribution in [3.63, 3.8) is 0 Å². The van der Waals surface area contributed by atoms with Gasteiger partial charge >= 0.3 is 0 Å². The standard InChI is InChI=1S/C31H29N2.C19H14NO.Ir/c1-21(2)26-19-25(23-13-7-5-8-14-23)20-27(22(3)4)30(26)33-29-18-12-11-17-28(29)32-31(33)24-15-9-6-10-16-24;1-12-10-17(20-11-13(12)2)16-8-5-7-15-14-6-3-4-9-18(14)21-19(15)16;/h5-15,17-22H,1-4H3;3-7,9-11H,1-2H3;/q2*-1;/i;1D3,2D3;. The minimum atomic E-state index is -2.58. The molecule has 9 aromatic rings. The Kier molecular flexibility index (Phi) is 8.93. The summed E-state index contributed by atoms with van der Waals surface area (Å²) in [5.74, 6) is 1.65. The summed E-state index contributed by atoms with van der Waals surface area (Å²) in [7, 11) is 0. The van der Waals surface area contributed by atoms with E-state index in [1.54, 1.807) is 6.07 Å². The fourth-order valence-electron chi connectivity index (χ4n) is 7.05. The molecule has 9 rings (SSSR count). The van der Waals surface area contributed by atoms with E-state index in [0.717, 1.165) is 39.4 Å². The van der Waals surface area contributed by atoms with Gasteiger partial charge in [0, 0.05) is 45.6 Å². The Morgan fingerprint density at radius 2 is 1.38 bits per heavy atom. The average Bonchev–Trinajstić information content (AvgIpc) is 3.82. The van der Waals surface area contributed by atoms with E-state index in [4.69, 9.17) is 17.6 Å². The van der Waals surface area contributed by atoms with Gasteiger partial charge in [-0.25, -0.2) is 0 Å². The molecule has 0 amide bonds. The number of para-hydroxylation sites is 3. The van der Waals surface area contributed by atoms with E-state index in [2.05, 4.69) is 128 Å². The molecule has 0 bridgehead atoms. The Bertz CT molecular complexity index is 2940. The maximum Gasteiger partial charge on any atom is 0.120 e. The zero-order chi connectivity index (χ0) is 42.3. The Labute approximate surface area is 345 Å². The zero-order valence-electron chi connectivity index (χ0n) is 37.0. The number of imidazole rings is 1. The molecule has 5 heteroatoms. The second-order valence-corrected chi connectivity index (χ2v) is 14.0. The normalized spacial score (nSPS) is 13.3. The molecule has 0 spiro atoms. The van der Waals surface area contributed by atoms with Gasteiger partial charge in [0.2, 0.25) is 0 Å². The molecule has 4 nitrogen and oxygen atoms in total. The number of rotatable bonds is 6. The molecule has 0 aliphatic carbocycles. The van der Waals surface area contributed by atoms with E-state index in [-0.39, 0.29) is 31.2 Å². The number of nitrogens with zero attached hydrogens (tertiary/aromatic N) is 3. The van der Waals surface area contributed by atoms with Crippen LogP contribution in [0.15, 0.2) is 144 Å². The minimum absolute atomic E-state index is 0. The van der Waals surface area contributed by atoms with Crippen molar-refractivity contribution in [1.29, 1.82) is 0 Å². The number of aryl methyl sites for hydroxylation is 2. The van der Waals surface area contributed by atoms with E-state index in [1.165, 1.54) is 34.0 Å². The molecule has 0 saturated heterocycles. The maximum atomic E-state index is 7.73. The molecule has 275 valence electrons. The van der Waals surface area contributed by atoms with E-state index in [1.807, 2.05) is 42.5 Å². The molecule has 0 N–H and O–H groups in total. The van der Waals surface area contributed by atoms with Crippen LogP contribution in [0.3, 0.4) is 0 Å². The van der Waals surface area contributed by atoms with Crippen LogP contribution in [0, 0.1) is 25.8 Å². The summed E-state index contributed by atoms with van der Waals surface area (Å²) in [6.07, 6.45) is 1.11. The third kappa shape index (κ3) is 7.31. The van der Waals surface area contributed by atoms with Crippen LogP contribution in [0.1, 0.15) is 70.0 Å². The number of fused-ring (bicyclic) bond motifs is 4. The Morgan fingerprint density at radius 1 is 0.673 bits per heavy atom. The van der Waals surface area contributed by atoms with Crippen LogP contribution in [-0.4, -0.2) is 14.5 Å². The summed E-state index contributed by atoms with van der Waals surface area (Å²) in [6.45, 7) is 3.99. The number of furan rings is 1. The predicted molar refractivity (Wildman–Crippen MR) is 224 cm³/mol. The Hall–Kier alpha value is -5.61. The molecule has 0 aliphatic rings. The SMILES string of the molecule is CC(C)c1cc(-c2ccccc2)cc(C(C)C)c1-n1c(-c2[c-]cccc2)nc2ccccc21.[2H]C([2H])([2H])c1cnc(-c2[c-]ccc3c2oc2ccccc23)cc1C([2H])([2H])[2H].[Ir]. The molecule has 0 atom stereocenters. The van der Waals surface area contributed by atoms with Crippen molar-refractivity contribution in [3.05, 3.63) is 174 Å². The van der Waals surface area contributed by atoms with Gasteiger partial charge in [0.25, 0.3) is 0 Å². The monoisotopic (exact) mass is 900 g/mol. The zero-order valence-corrected chi connectivity index (χ0v) is 33.4. The first-order valence-corrected chi connectivity index (χ1v) is 18.2. The second-order valence-electron chi connectivity index (χ2n) is 14.0. The van der Waals surface area contributed by atoms with Crippen molar-refractivity contribution in [1.82, 2.24) is 14.5 Å². The van der Waals surface area contributed by atoms with Crippen LogP contribution in [-0.2, 0) is 20.1 Å². The van der Waals surface area contributed by atoms with Crippen LogP contribution >= 0.6 is 0 Å². The Balaban J connectivity index is 0.000000185. The van der Waals surface area contributed by atoms with Gasteiger partial charge in [-0.1, -0.05) is 111 Å². The summed E-state index contributed by atoms with van der Waals surface area (Å²) in [6, 6.07) is 50.9. The van der Waals surface area contributed by atoms with E-state index >= 15 is 0 Å². The summed E-state index contributed by atoms with van der Waals surface area (Å²) in [5, 5.41) is 1.79. The van der Waals surface area contributed by atoms with Crippen LogP contribution in [0.25, 0.3) is 72.4 Å². The molecule has 0 unspecified atom stereocenters. The van der Waals surface area contributed by atoms with Crippen molar-refractivity contribution in [2.45, 2.75) is 53.2 Å². The van der Waals surface area contributed by atoms with Gasteiger partial charge in [0.15, 0.2) is 0 Å². The molecule has 0 saturated carbocycles. The summed E-state index contributed by atoms with van der Waals surface area (Å²) in [4.78, 5) is 9.28. The number of hydrogen-bond acceptors (Lipinski definition) is 3. The van der Waals surface area contributed by atoms with Gasteiger partial charge in [0.05, 0.1) is 22.4 Å². The van der Waals surface area contributed by atoms with Crippen LogP contribution < -0.4 is 0 Å². The number of pyridine rings is 1. The van der Waals surface area contributed by atoms with Crippen molar-refractivity contribution >= 4 is 33.0 Å². The molecule has 0 fully saturated rings. The number of hydrogen-bond donors (Lipinski definition) is 0. The van der Waals surface area contributed by atoms with Crippen LogP contribution in [0.5, 0.6) is 0 Å². The number of benzene rings is 6. The fraction of sp³-hybridized carbons (Fsp3) is 0.160. The van der Waals surface area contributed by atoms with Crippen molar-refractivity contribution in [3.8, 4) is 39.5 Å². The van der Waals surface area contributed by atoms with Gasteiger partial charge in [0.1, 0.15) is 5.58 Å². The topological polar surface area (TPSA) is 43.9 Å². The third-order valence-corrected chi connectivity index (χ3v) is 9.75. The summed E-state index contributed by atoms with van der Waals surface area (Å²) >= 11 is 0. The fourth-order valence-corrected chi connectivity index (χ4v) is 7.05.